The van der Waals surface area contributed by atoms with Crippen molar-refractivity contribution in [1.82, 2.24) is 9.80 Å². The second-order valence-corrected chi connectivity index (χ2v) is 8.64. The quantitative estimate of drug-likeness (QED) is 0.780. The van der Waals surface area contributed by atoms with Crippen molar-refractivity contribution >= 4 is 5.91 Å². The largest absolute Gasteiger partial charge is 0.377 e. The molecular weight excluding hydrogens is 331 g/mol. The number of hydrogen-bond donors (Lipinski definition) is 0. The lowest BCUT2D eigenvalue weighted by Gasteiger charge is -2.35. The van der Waals surface area contributed by atoms with Gasteiger partial charge in [-0.1, -0.05) is 26.0 Å². The number of halogens is 1. The van der Waals surface area contributed by atoms with E-state index in [0.717, 1.165) is 51.1 Å². The van der Waals surface area contributed by atoms with Crippen molar-refractivity contribution < 1.29 is 13.9 Å². The average molecular weight is 362 g/mol. The van der Waals surface area contributed by atoms with Crippen LogP contribution in [0.15, 0.2) is 24.3 Å². The van der Waals surface area contributed by atoms with Gasteiger partial charge in [0.25, 0.3) is 0 Å². The normalized spacial score (nSPS) is 25.5. The minimum atomic E-state index is -0.501. The second-order valence-electron chi connectivity index (χ2n) is 8.64. The van der Waals surface area contributed by atoms with Gasteiger partial charge in [-0.25, -0.2) is 4.39 Å². The van der Waals surface area contributed by atoms with Crippen molar-refractivity contribution in [2.75, 3.05) is 40.3 Å². The molecule has 1 atom stereocenters. The molecule has 1 aliphatic carbocycles. The van der Waals surface area contributed by atoms with Crippen LogP contribution in [0.4, 0.5) is 4.39 Å². The minimum Gasteiger partial charge on any atom is -0.377 e. The van der Waals surface area contributed by atoms with Gasteiger partial charge in [-0.15, -0.1) is 0 Å². The molecule has 1 saturated carbocycles. The van der Waals surface area contributed by atoms with Crippen molar-refractivity contribution in [1.29, 1.82) is 0 Å². The summed E-state index contributed by atoms with van der Waals surface area (Å²) in [5, 5.41) is 0. The monoisotopic (exact) mass is 362 g/mol. The predicted octanol–water partition coefficient (Wildman–Crippen LogP) is 3.06. The molecule has 2 fully saturated rings. The van der Waals surface area contributed by atoms with E-state index in [1.807, 2.05) is 19.0 Å². The van der Waals surface area contributed by atoms with E-state index >= 15 is 0 Å². The lowest BCUT2D eigenvalue weighted by Crippen LogP contribution is -2.47. The van der Waals surface area contributed by atoms with Crippen LogP contribution in [0, 0.1) is 11.2 Å². The molecule has 1 aliphatic heterocycles. The SMILES string of the molecule is CN(C)CCOC1CCN(C(=O)C2(c3ccc(F)cc3)CC2(C)C)CC1. The molecule has 2 aliphatic rings. The van der Waals surface area contributed by atoms with E-state index in [9.17, 15) is 9.18 Å². The summed E-state index contributed by atoms with van der Waals surface area (Å²) in [4.78, 5) is 17.5. The number of benzene rings is 1. The van der Waals surface area contributed by atoms with E-state index in [1.54, 1.807) is 12.1 Å². The fraction of sp³-hybridized carbons (Fsp3) is 0.667. The summed E-state index contributed by atoms with van der Waals surface area (Å²) in [5.74, 6) is -0.0636. The fourth-order valence-corrected chi connectivity index (χ4v) is 4.23. The zero-order valence-corrected chi connectivity index (χ0v) is 16.4. The summed E-state index contributed by atoms with van der Waals surface area (Å²) in [5.41, 5.74) is 0.360. The number of carbonyl (C=O) groups is 1. The van der Waals surface area contributed by atoms with Crippen LogP contribution in [0.1, 0.15) is 38.7 Å². The Hall–Kier alpha value is -1.46. The van der Waals surface area contributed by atoms with Gasteiger partial charge < -0.3 is 14.5 Å². The highest BCUT2D eigenvalue weighted by atomic mass is 19.1. The Bertz CT molecular complexity index is 636. The van der Waals surface area contributed by atoms with E-state index in [4.69, 9.17) is 4.74 Å². The van der Waals surface area contributed by atoms with Crippen LogP contribution in [0.25, 0.3) is 0 Å². The van der Waals surface area contributed by atoms with Crippen molar-refractivity contribution in [2.45, 2.75) is 44.6 Å². The number of hydrogen-bond acceptors (Lipinski definition) is 3. The van der Waals surface area contributed by atoms with Gasteiger partial charge in [-0.2, -0.15) is 0 Å². The van der Waals surface area contributed by atoms with E-state index in [0.29, 0.717) is 0 Å². The third-order valence-electron chi connectivity index (χ3n) is 6.06. The second kappa shape index (κ2) is 7.28. The summed E-state index contributed by atoms with van der Waals surface area (Å²) in [6, 6.07) is 6.48. The maximum absolute atomic E-state index is 13.4. The first-order valence-corrected chi connectivity index (χ1v) is 9.58. The predicted molar refractivity (Wildman–Crippen MR) is 101 cm³/mol. The van der Waals surface area contributed by atoms with E-state index in [1.165, 1.54) is 12.1 Å². The van der Waals surface area contributed by atoms with Gasteiger partial charge >= 0.3 is 0 Å². The summed E-state index contributed by atoms with van der Waals surface area (Å²) in [6.45, 7) is 7.39. The molecule has 0 spiro atoms. The van der Waals surface area contributed by atoms with Gasteiger partial charge in [-0.05, 0) is 56.5 Å². The minimum absolute atomic E-state index is 0.0824. The number of ether oxygens (including phenoxy) is 1. The number of nitrogens with zero attached hydrogens (tertiary/aromatic N) is 2. The van der Waals surface area contributed by atoms with Gasteiger partial charge in [0.1, 0.15) is 5.82 Å². The van der Waals surface area contributed by atoms with Crippen LogP contribution < -0.4 is 0 Å². The molecule has 1 heterocycles. The maximum Gasteiger partial charge on any atom is 0.233 e. The van der Waals surface area contributed by atoms with Crippen molar-refractivity contribution in [3.63, 3.8) is 0 Å². The molecule has 4 nitrogen and oxygen atoms in total. The number of carbonyl (C=O) groups excluding carboxylic acids is 1. The van der Waals surface area contributed by atoms with Crippen molar-refractivity contribution in [2.24, 2.45) is 5.41 Å². The highest BCUT2D eigenvalue weighted by molar-refractivity contribution is 5.93. The summed E-state index contributed by atoms with van der Waals surface area (Å²) in [7, 11) is 4.08. The first-order valence-electron chi connectivity index (χ1n) is 9.58. The Morgan fingerprint density at radius 1 is 1.23 bits per heavy atom. The molecule has 0 radical (unpaired) electrons. The molecule has 0 bridgehead atoms. The van der Waals surface area contributed by atoms with Crippen LogP contribution in [-0.2, 0) is 14.9 Å². The molecule has 0 aromatic heterocycles. The highest BCUT2D eigenvalue weighted by Crippen LogP contribution is 2.65. The fourth-order valence-electron chi connectivity index (χ4n) is 4.23. The first-order chi connectivity index (χ1) is 12.3. The van der Waals surface area contributed by atoms with Crippen LogP contribution in [0.3, 0.4) is 0 Å². The molecule has 3 rings (SSSR count). The van der Waals surface area contributed by atoms with Crippen LogP contribution in [0.2, 0.25) is 0 Å². The van der Waals surface area contributed by atoms with Crippen LogP contribution in [-0.4, -0.2) is 62.1 Å². The van der Waals surface area contributed by atoms with Crippen molar-refractivity contribution in [3.05, 3.63) is 35.6 Å². The summed E-state index contributed by atoms with van der Waals surface area (Å²) in [6.07, 6.45) is 2.84. The lowest BCUT2D eigenvalue weighted by molar-refractivity contribution is -0.137. The van der Waals surface area contributed by atoms with Gasteiger partial charge in [0.15, 0.2) is 0 Å². The molecule has 1 saturated heterocycles. The molecular formula is C21H31FN2O2. The maximum atomic E-state index is 13.4. The van der Waals surface area contributed by atoms with Gasteiger partial charge in [0.05, 0.1) is 18.1 Å². The summed E-state index contributed by atoms with van der Waals surface area (Å²) >= 11 is 0. The topological polar surface area (TPSA) is 32.8 Å². The zero-order valence-electron chi connectivity index (χ0n) is 16.4. The molecule has 1 amide bonds. The molecule has 1 aromatic rings. The molecule has 1 aromatic carbocycles. The molecule has 5 heteroatoms. The zero-order chi connectivity index (χ0) is 18.9. The highest BCUT2D eigenvalue weighted by Gasteiger charge is 2.68. The van der Waals surface area contributed by atoms with Gasteiger partial charge in [-0.3, -0.25) is 4.79 Å². The Morgan fingerprint density at radius 2 is 1.81 bits per heavy atom. The van der Waals surface area contributed by atoms with Gasteiger partial charge in [0.2, 0.25) is 5.91 Å². The lowest BCUT2D eigenvalue weighted by atomic mass is 9.86. The number of amides is 1. The third-order valence-corrected chi connectivity index (χ3v) is 6.06. The molecule has 0 N–H and O–H groups in total. The van der Waals surface area contributed by atoms with Gasteiger partial charge in [0, 0.05) is 19.6 Å². The van der Waals surface area contributed by atoms with E-state index < -0.39 is 5.41 Å². The molecule has 1 unspecified atom stereocenters. The molecule has 144 valence electrons. The number of likely N-dealkylation sites (tertiary alicyclic amines) is 1. The Balaban J connectivity index is 1.63. The number of rotatable bonds is 6. The molecule has 26 heavy (non-hydrogen) atoms. The standard InChI is InChI=1S/C21H31FN2O2/c1-20(2)15-21(20,16-5-7-17(22)8-6-16)19(25)24-11-9-18(10-12-24)26-14-13-23(3)4/h5-8,18H,9-15H2,1-4H3. The Labute approximate surface area is 156 Å². The Morgan fingerprint density at radius 3 is 2.31 bits per heavy atom. The van der Waals surface area contributed by atoms with E-state index in [2.05, 4.69) is 18.7 Å². The number of likely N-dealkylation sites (N-methyl/N-ethyl adjacent to an activating group) is 1. The van der Waals surface area contributed by atoms with Crippen LogP contribution in [0.5, 0.6) is 0 Å². The first kappa shape index (κ1) is 19.3. The average Bonchev–Trinajstić information content (AvgIpc) is 3.19. The summed E-state index contributed by atoms with van der Waals surface area (Å²) < 4.78 is 19.3. The Kier molecular flexibility index (Phi) is 5.40. The van der Waals surface area contributed by atoms with E-state index in [-0.39, 0.29) is 23.2 Å². The third kappa shape index (κ3) is 3.65. The number of piperidine rings is 1. The van der Waals surface area contributed by atoms with Crippen molar-refractivity contribution in [3.8, 4) is 0 Å². The smallest absolute Gasteiger partial charge is 0.233 e. The van der Waals surface area contributed by atoms with Crippen LogP contribution >= 0.6 is 0 Å².